The van der Waals surface area contributed by atoms with Gasteiger partial charge in [-0.3, -0.25) is 0 Å². The Labute approximate surface area is 135 Å². The Morgan fingerprint density at radius 2 is 1.10 bits per heavy atom. The molecule has 2 aromatic carbocycles. The summed E-state index contributed by atoms with van der Waals surface area (Å²) in [7, 11) is 0. The van der Waals surface area contributed by atoms with Crippen LogP contribution in [0.5, 0.6) is 0 Å². The first-order valence-electron chi connectivity index (χ1n) is 6.69. The minimum absolute atomic E-state index is 0.125. The molecule has 0 saturated heterocycles. The first-order valence-corrected chi connectivity index (χ1v) is 8.30. The van der Waals surface area contributed by atoms with Gasteiger partial charge in [0.2, 0.25) is 0 Å². The first-order chi connectivity index (χ1) is 10.3. The summed E-state index contributed by atoms with van der Waals surface area (Å²) in [4.78, 5) is 0. The van der Waals surface area contributed by atoms with Crippen LogP contribution in [0.15, 0.2) is 86.0 Å². The van der Waals surface area contributed by atoms with Crippen molar-refractivity contribution < 1.29 is 3.63 Å². The Hall–Kier alpha value is -1.42. The minimum Gasteiger partial charge on any atom is -0.245 e. The van der Waals surface area contributed by atoms with Crippen LogP contribution in [-0.2, 0) is 3.63 Å². The van der Waals surface area contributed by atoms with Crippen molar-refractivity contribution in [2.45, 2.75) is 10.5 Å². The highest BCUT2D eigenvalue weighted by atomic mass is 32.2. The summed E-state index contributed by atoms with van der Waals surface area (Å²) in [5, 5.41) is 0.250. The topological polar surface area (TPSA) is 9.23 Å². The van der Waals surface area contributed by atoms with Gasteiger partial charge in [0.15, 0.2) is 0 Å². The smallest absolute Gasteiger partial charge is 0.0751 e. The van der Waals surface area contributed by atoms with Gasteiger partial charge in [0.05, 0.1) is 10.5 Å². The zero-order valence-electron chi connectivity index (χ0n) is 11.7. The molecule has 21 heavy (non-hydrogen) atoms. The van der Waals surface area contributed by atoms with Gasteiger partial charge < -0.3 is 0 Å². The molecule has 2 rings (SSSR count). The van der Waals surface area contributed by atoms with Crippen molar-refractivity contribution in [1.29, 1.82) is 0 Å². The molecular formula is C18H18OS2. The molecule has 0 amide bonds. The lowest BCUT2D eigenvalue weighted by Crippen LogP contribution is -1.92. The van der Waals surface area contributed by atoms with E-state index in [0.29, 0.717) is 0 Å². The van der Waals surface area contributed by atoms with Gasteiger partial charge >= 0.3 is 0 Å². The minimum atomic E-state index is 0.125. The maximum absolute atomic E-state index is 5.74. The monoisotopic (exact) mass is 314 g/mol. The summed E-state index contributed by atoms with van der Waals surface area (Å²) in [5.74, 6) is 0. The Morgan fingerprint density at radius 3 is 1.43 bits per heavy atom. The fraction of sp³-hybridized carbons (Fsp3) is 0.111. The third kappa shape index (κ3) is 4.81. The van der Waals surface area contributed by atoms with E-state index in [1.54, 1.807) is 0 Å². The normalized spacial score (nSPS) is 13.3. The van der Waals surface area contributed by atoms with Crippen molar-refractivity contribution in [2.24, 2.45) is 0 Å². The van der Waals surface area contributed by atoms with Crippen molar-refractivity contribution in [3.05, 3.63) is 97.1 Å². The summed E-state index contributed by atoms with van der Waals surface area (Å²) in [5.41, 5.74) is 2.38. The Kier molecular flexibility index (Phi) is 6.67. The van der Waals surface area contributed by atoms with Crippen molar-refractivity contribution in [1.82, 2.24) is 0 Å². The Bertz CT molecular complexity index is 502. The van der Waals surface area contributed by atoms with Crippen molar-refractivity contribution in [2.75, 3.05) is 0 Å². The molecule has 108 valence electrons. The van der Waals surface area contributed by atoms with Crippen LogP contribution in [0.2, 0.25) is 0 Å². The van der Waals surface area contributed by atoms with Gasteiger partial charge in [0.25, 0.3) is 0 Å². The van der Waals surface area contributed by atoms with Gasteiger partial charge in [0.1, 0.15) is 0 Å². The summed E-state index contributed by atoms with van der Waals surface area (Å²) < 4.78 is 5.74. The first kappa shape index (κ1) is 16.0. The highest BCUT2D eigenvalue weighted by Crippen LogP contribution is 2.39. The molecule has 0 spiro atoms. The Morgan fingerprint density at radius 1 is 0.714 bits per heavy atom. The van der Waals surface area contributed by atoms with Crippen molar-refractivity contribution in [3.63, 3.8) is 0 Å². The number of hydrogen-bond acceptors (Lipinski definition) is 3. The van der Waals surface area contributed by atoms with Gasteiger partial charge in [-0.1, -0.05) is 72.8 Å². The predicted molar refractivity (Wildman–Crippen MR) is 95.0 cm³/mol. The molecule has 0 N–H and O–H groups in total. The van der Waals surface area contributed by atoms with Crippen LogP contribution in [0.25, 0.3) is 0 Å². The summed E-state index contributed by atoms with van der Waals surface area (Å²) in [6.45, 7) is 7.77. The maximum Gasteiger partial charge on any atom is 0.0751 e. The lowest BCUT2D eigenvalue weighted by atomic mass is 10.1. The van der Waals surface area contributed by atoms with Crippen LogP contribution in [-0.4, -0.2) is 0 Å². The molecule has 0 radical (unpaired) electrons. The lowest BCUT2D eigenvalue weighted by molar-refractivity contribution is 0.743. The largest absolute Gasteiger partial charge is 0.245 e. The number of rotatable bonds is 8. The van der Waals surface area contributed by atoms with Crippen LogP contribution in [0, 0.1) is 0 Å². The molecule has 0 fully saturated rings. The Balaban J connectivity index is 1.90. The second-order valence-corrected chi connectivity index (χ2v) is 6.34. The van der Waals surface area contributed by atoms with Gasteiger partial charge in [-0.05, 0) is 11.1 Å². The highest BCUT2D eigenvalue weighted by molar-refractivity contribution is 8.08. The molecule has 0 aliphatic carbocycles. The fourth-order valence-electron chi connectivity index (χ4n) is 1.85. The molecule has 0 bridgehead atoms. The van der Waals surface area contributed by atoms with E-state index < -0.39 is 0 Å². The van der Waals surface area contributed by atoms with Crippen LogP contribution < -0.4 is 0 Å². The average Bonchev–Trinajstić information content (AvgIpc) is 2.57. The second-order valence-electron chi connectivity index (χ2n) is 4.39. The predicted octanol–water partition coefficient (Wildman–Crippen LogP) is 6.15. The van der Waals surface area contributed by atoms with E-state index in [-0.39, 0.29) is 10.5 Å². The van der Waals surface area contributed by atoms with E-state index in [0.717, 1.165) is 0 Å². The highest BCUT2D eigenvalue weighted by Gasteiger charge is 2.13. The van der Waals surface area contributed by atoms with Crippen LogP contribution >= 0.6 is 24.1 Å². The standard InChI is InChI=1S/C18H18OS2/c1-3-17(15-11-7-5-8-12-15)20-19-21-18(4-2)16-13-9-6-10-14-16/h3-14,17-18H,1-2H2. The number of hydrogen-bond donors (Lipinski definition) is 0. The molecule has 2 aromatic rings. The third-order valence-electron chi connectivity index (χ3n) is 2.97. The molecule has 0 saturated carbocycles. The van der Waals surface area contributed by atoms with Gasteiger partial charge in [-0.25, -0.2) is 3.63 Å². The molecule has 2 unspecified atom stereocenters. The summed E-state index contributed by atoms with van der Waals surface area (Å²) in [6.07, 6.45) is 3.79. The molecule has 0 aliphatic heterocycles. The van der Waals surface area contributed by atoms with Crippen molar-refractivity contribution >= 4 is 24.1 Å². The second kappa shape index (κ2) is 8.78. The van der Waals surface area contributed by atoms with Crippen LogP contribution in [0.3, 0.4) is 0 Å². The van der Waals surface area contributed by atoms with Gasteiger partial charge in [0, 0.05) is 24.1 Å². The number of benzene rings is 2. The summed E-state index contributed by atoms with van der Waals surface area (Å²) >= 11 is 2.82. The van der Waals surface area contributed by atoms with Gasteiger partial charge in [-0.2, -0.15) is 0 Å². The molecule has 0 heterocycles. The molecule has 2 atom stereocenters. The molecule has 0 aliphatic rings. The van der Waals surface area contributed by atoms with Gasteiger partial charge in [-0.15, -0.1) is 13.2 Å². The molecule has 3 heteroatoms. The molecule has 0 aromatic heterocycles. The van der Waals surface area contributed by atoms with E-state index in [4.69, 9.17) is 3.63 Å². The lowest BCUT2D eigenvalue weighted by Gasteiger charge is -2.14. The van der Waals surface area contributed by atoms with E-state index in [9.17, 15) is 0 Å². The maximum atomic E-state index is 5.74. The van der Waals surface area contributed by atoms with E-state index in [1.807, 2.05) is 48.6 Å². The SMILES string of the molecule is C=CC(SOSC(C=C)c1ccccc1)c1ccccc1. The average molecular weight is 314 g/mol. The van der Waals surface area contributed by atoms with Crippen LogP contribution in [0.1, 0.15) is 21.6 Å². The molecule has 1 nitrogen and oxygen atoms in total. The van der Waals surface area contributed by atoms with Crippen molar-refractivity contribution in [3.8, 4) is 0 Å². The zero-order chi connectivity index (χ0) is 14.9. The zero-order valence-corrected chi connectivity index (χ0v) is 13.4. The fourth-order valence-corrected chi connectivity index (χ4v) is 3.41. The van der Waals surface area contributed by atoms with E-state index in [2.05, 4.69) is 37.4 Å². The molecular weight excluding hydrogens is 296 g/mol. The van der Waals surface area contributed by atoms with Crippen LogP contribution in [0.4, 0.5) is 0 Å². The van der Waals surface area contributed by atoms with E-state index >= 15 is 0 Å². The van der Waals surface area contributed by atoms with E-state index in [1.165, 1.54) is 35.2 Å². The summed E-state index contributed by atoms with van der Waals surface area (Å²) in [6, 6.07) is 20.4. The quantitative estimate of drug-likeness (QED) is 0.427. The third-order valence-corrected chi connectivity index (χ3v) is 4.94.